The van der Waals surface area contributed by atoms with Gasteiger partial charge >= 0.3 is 0 Å². The zero-order valence-corrected chi connectivity index (χ0v) is 20.3. The zero-order valence-electron chi connectivity index (χ0n) is 18.6. The third kappa shape index (κ3) is 4.40. The molecule has 1 unspecified atom stereocenters. The highest BCUT2D eigenvalue weighted by molar-refractivity contribution is 7.08. The lowest BCUT2D eigenvalue weighted by Gasteiger charge is -2.23. The number of aromatic nitrogens is 1. The van der Waals surface area contributed by atoms with E-state index in [1.807, 2.05) is 74.9 Å². The minimum atomic E-state index is -0.575. The molecule has 4 rings (SSSR count). The summed E-state index contributed by atoms with van der Waals surface area (Å²) in [6.45, 7) is 7.44. The summed E-state index contributed by atoms with van der Waals surface area (Å²) >= 11 is 2.80. The molecule has 0 bridgehead atoms. The summed E-state index contributed by atoms with van der Waals surface area (Å²) in [5.74, 6) is -0.232. The maximum Gasteiger partial charge on any atom is 0.269 e. The summed E-state index contributed by atoms with van der Waals surface area (Å²) in [7, 11) is 0. The smallest absolute Gasteiger partial charge is 0.269 e. The Balaban J connectivity index is 1.78. The molecule has 1 aliphatic rings. The van der Waals surface area contributed by atoms with Gasteiger partial charge in [0, 0.05) is 23.2 Å². The van der Waals surface area contributed by atoms with Crippen molar-refractivity contribution in [1.82, 2.24) is 4.57 Å². The topological polar surface area (TPSA) is 59.4 Å². The average molecular weight is 467 g/mol. The summed E-state index contributed by atoms with van der Waals surface area (Å²) < 4.78 is 2.46. The largest absolute Gasteiger partial charge is 0.307 e. The summed E-state index contributed by atoms with van der Waals surface area (Å²) in [4.78, 5) is 41.1. The summed E-state index contributed by atoms with van der Waals surface area (Å²) in [5, 5.41) is 3.91. The summed E-state index contributed by atoms with van der Waals surface area (Å²) in [6.07, 6.45) is 4.11. The van der Waals surface area contributed by atoms with Crippen molar-refractivity contribution in [2.75, 3.05) is 4.90 Å². The number of amides is 1. The summed E-state index contributed by atoms with van der Waals surface area (Å²) in [6, 6.07) is 9.83. The predicted octanol–water partition coefficient (Wildman–Crippen LogP) is 3.17. The number of ketones is 1. The Bertz CT molecular complexity index is 1340. The molecule has 0 saturated carbocycles. The van der Waals surface area contributed by atoms with Crippen LogP contribution < -0.4 is 19.7 Å². The predicted molar refractivity (Wildman–Crippen MR) is 132 cm³/mol. The second kappa shape index (κ2) is 8.64. The van der Waals surface area contributed by atoms with Gasteiger partial charge in [-0.1, -0.05) is 39.0 Å². The van der Waals surface area contributed by atoms with Gasteiger partial charge in [0.15, 0.2) is 5.78 Å². The summed E-state index contributed by atoms with van der Waals surface area (Å²) in [5.41, 5.74) is 2.14. The second-order valence-corrected chi connectivity index (χ2v) is 10.9. The molecule has 2 aromatic heterocycles. The molecular weight excluding hydrogens is 440 g/mol. The van der Waals surface area contributed by atoms with Crippen LogP contribution >= 0.6 is 22.7 Å². The highest BCUT2D eigenvalue weighted by atomic mass is 32.1. The van der Waals surface area contributed by atoms with Crippen LogP contribution in [0.25, 0.3) is 12.2 Å². The van der Waals surface area contributed by atoms with E-state index in [0.717, 1.165) is 23.2 Å². The molecule has 0 saturated heterocycles. The van der Waals surface area contributed by atoms with Crippen LogP contribution in [0.1, 0.15) is 38.8 Å². The number of hydrogen-bond donors (Lipinski definition) is 0. The Hall–Kier alpha value is -2.77. The lowest BCUT2D eigenvalue weighted by molar-refractivity contribution is -0.120. The number of rotatable bonds is 4. The number of para-hydroxylation sites is 1. The van der Waals surface area contributed by atoms with Gasteiger partial charge in [-0.05, 0) is 53.4 Å². The van der Waals surface area contributed by atoms with Crippen LogP contribution in [0.5, 0.6) is 0 Å². The molecular formula is C25H26N2O3S2. The quantitative estimate of drug-likeness (QED) is 0.594. The number of fused-ring (bicyclic) bond motifs is 1. The number of thiophene rings is 1. The van der Waals surface area contributed by atoms with Gasteiger partial charge in [-0.15, -0.1) is 11.3 Å². The Labute approximate surface area is 194 Å². The molecule has 1 aromatic carbocycles. The first-order chi connectivity index (χ1) is 15.1. The van der Waals surface area contributed by atoms with Gasteiger partial charge in [0.05, 0.1) is 4.53 Å². The zero-order chi connectivity index (χ0) is 23.0. The minimum Gasteiger partial charge on any atom is -0.307 e. The molecule has 0 radical (unpaired) electrons. The van der Waals surface area contributed by atoms with E-state index in [2.05, 4.69) is 0 Å². The normalized spacial score (nSPS) is 17.1. The molecule has 7 heteroatoms. The van der Waals surface area contributed by atoms with Crippen LogP contribution in [0.3, 0.4) is 0 Å². The second-order valence-electron chi connectivity index (χ2n) is 9.10. The fourth-order valence-corrected chi connectivity index (χ4v) is 5.45. The van der Waals surface area contributed by atoms with Crippen LogP contribution in [0.2, 0.25) is 0 Å². The van der Waals surface area contributed by atoms with E-state index in [9.17, 15) is 14.4 Å². The fraction of sp³-hybridized carbons (Fsp3) is 0.320. The molecule has 3 aromatic rings. The lowest BCUT2D eigenvalue weighted by Crippen LogP contribution is -2.43. The van der Waals surface area contributed by atoms with E-state index in [4.69, 9.17) is 0 Å². The van der Waals surface area contributed by atoms with Gasteiger partial charge in [0.25, 0.3) is 5.56 Å². The number of carbonyl (C=O) groups excluding carboxylic acids is 2. The molecule has 3 heterocycles. The number of Topliss-reactive ketones (excluding diaryl/α,β-unsaturated/α-hetero) is 1. The molecule has 0 fully saturated rings. The number of anilines is 1. The first-order valence-electron chi connectivity index (χ1n) is 10.5. The van der Waals surface area contributed by atoms with Gasteiger partial charge in [0.2, 0.25) is 5.91 Å². The van der Waals surface area contributed by atoms with Crippen molar-refractivity contribution in [3.8, 4) is 0 Å². The van der Waals surface area contributed by atoms with Crippen molar-refractivity contribution >= 4 is 52.2 Å². The van der Waals surface area contributed by atoms with Crippen molar-refractivity contribution in [2.45, 2.75) is 46.7 Å². The van der Waals surface area contributed by atoms with E-state index in [-0.39, 0.29) is 29.8 Å². The van der Waals surface area contributed by atoms with Crippen LogP contribution in [0.15, 0.2) is 45.9 Å². The molecule has 0 N–H and O–H groups in total. The Morgan fingerprint density at radius 1 is 1.19 bits per heavy atom. The highest BCUT2D eigenvalue weighted by Gasteiger charge is 2.31. The molecule has 32 heavy (non-hydrogen) atoms. The molecule has 0 aliphatic carbocycles. The third-order valence-electron chi connectivity index (χ3n) is 5.54. The van der Waals surface area contributed by atoms with Gasteiger partial charge < -0.3 is 4.90 Å². The lowest BCUT2D eigenvalue weighted by atomic mass is 9.91. The molecule has 1 atom stereocenters. The Kier molecular flexibility index (Phi) is 6.05. The fourth-order valence-electron chi connectivity index (χ4n) is 3.79. The average Bonchev–Trinajstić information content (AvgIpc) is 3.42. The highest BCUT2D eigenvalue weighted by Crippen LogP contribution is 2.31. The number of nitrogens with zero attached hydrogens (tertiary/aromatic N) is 2. The van der Waals surface area contributed by atoms with Crippen LogP contribution in [0.4, 0.5) is 5.69 Å². The molecule has 5 nitrogen and oxygen atoms in total. The SMILES string of the molecule is CC1Cc2ccccc2N1C(=O)Cn1c(=CC(=O)C(C)(C)C)sc(=Cc2ccsc2)c1=O. The van der Waals surface area contributed by atoms with Crippen LogP contribution in [-0.2, 0) is 22.6 Å². The Morgan fingerprint density at radius 3 is 2.62 bits per heavy atom. The van der Waals surface area contributed by atoms with Crippen molar-refractivity contribution in [3.63, 3.8) is 0 Å². The Morgan fingerprint density at radius 2 is 1.94 bits per heavy atom. The maximum atomic E-state index is 13.4. The van der Waals surface area contributed by atoms with E-state index < -0.39 is 5.41 Å². The van der Waals surface area contributed by atoms with Gasteiger partial charge in [-0.3, -0.25) is 19.0 Å². The van der Waals surface area contributed by atoms with E-state index in [1.165, 1.54) is 22.0 Å². The van der Waals surface area contributed by atoms with E-state index >= 15 is 0 Å². The third-order valence-corrected chi connectivity index (χ3v) is 7.30. The van der Waals surface area contributed by atoms with E-state index in [0.29, 0.717) is 9.20 Å². The monoisotopic (exact) mass is 466 g/mol. The van der Waals surface area contributed by atoms with Gasteiger partial charge in [-0.25, -0.2) is 0 Å². The van der Waals surface area contributed by atoms with Crippen molar-refractivity contribution in [1.29, 1.82) is 0 Å². The number of benzene rings is 1. The number of carbonyl (C=O) groups is 2. The van der Waals surface area contributed by atoms with Crippen molar-refractivity contribution < 1.29 is 9.59 Å². The first kappa shape index (κ1) is 22.4. The molecule has 0 spiro atoms. The molecule has 166 valence electrons. The van der Waals surface area contributed by atoms with Crippen LogP contribution in [0, 0.1) is 5.41 Å². The standard InChI is InChI=1S/C25H26N2O3S2/c1-16-11-18-7-5-6-8-19(18)27(16)22(29)14-26-23(13-21(28)25(2,3)4)32-20(24(26)30)12-17-9-10-31-15-17/h5-10,12-13,15-16H,11,14H2,1-4H3. The van der Waals surface area contributed by atoms with E-state index in [1.54, 1.807) is 16.2 Å². The van der Waals surface area contributed by atoms with Crippen molar-refractivity contribution in [2.24, 2.45) is 5.41 Å². The van der Waals surface area contributed by atoms with Crippen molar-refractivity contribution in [3.05, 3.63) is 71.8 Å². The van der Waals surface area contributed by atoms with Gasteiger partial charge in [-0.2, -0.15) is 11.3 Å². The minimum absolute atomic E-state index is 0.0229. The number of thiazole rings is 1. The number of hydrogen-bond acceptors (Lipinski definition) is 5. The molecule has 1 amide bonds. The molecule has 1 aliphatic heterocycles. The van der Waals surface area contributed by atoms with Gasteiger partial charge in [0.1, 0.15) is 11.2 Å². The maximum absolute atomic E-state index is 13.4. The first-order valence-corrected chi connectivity index (χ1v) is 12.3. The van der Waals surface area contributed by atoms with Crippen LogP contribution in [-0.4, -0.2) is 22.3 Å².